The molecule has 1 amide bonds. The van der Waals surface area contributed by atoms with Crippen molar-refractivity contribution < 1.29 is 18.3 Å². The molecule has 2 heterocycles. The van der Waals surface area contributed by atoms with Gasteiger partial charge < -0.3 is 20.3 Å². The van der Waals surface area contributed by atoms with Crippen LogP contribution >= 0.6 is 0 Å². The smallest absolute Gasteiger partial charge is 0.319 e. The fraction of sp³-hybridized carbons (Fsp3) is 0.433. The highest BCUT2D eigenvalue weighted by Gasteiger charge is 2.47. The zero-order chi connectivity index (χ0) is 27.1. The van der Waals surface area contributed by atoms with Crippen molar-refractivity contribution in [2.75, 3.05) is 38.6 Å². The molecule has 2 aromatic carbocycles. The standard InChI is InChI=1S/C30H33F2N5O2/c1-18(31)28(38)34-13-12-33-27-23-9-8-22(21-7-3-5-19-15-30(10-11-30)16-24(19)21)25(32)26(23)35-29(36-27)39-17-20-6-4-14-37(20)2/h3,5,7-9,20H,1,4,6,10-17H2,2H3,(H,34,38)(H,33,35,36)/t20-/m0/s1. The van der Waals surface area contributed by atoms with E-state index in [0.717, 1.165) is 37.8 Å². The van der Waals surface area contributed by atoms with E-state index in [2.05, 4.69) is 45.2 Å². The van der Waals surface area contributed by atoms with Crippen LogP contribution in [0.25, 0.3) is 22.0 Å². The first-order valence-corrected chi connectivity index (χ1v) is 13.6. The van der Waals surface area contributed by atoms with Crippen LogP contribution in [0.4, 0.5) is 14.6 Å². The normalized spacial score (nSPS) is 19.3. The Balaban J connectivity index is 1.33. The molecule has 2 N–H and O–H groups in total. The second-order valence-corrected chi connectivity index (χ2v) is 11.2. The predicted octanol–water partition coefficient (Wildman–Crippen LogP) is 4.80. The molecule has 7 nitrogen and oxygen atoms in total. The minimum atomic E-state index is -1.05. The summed E-state index contributed by atoms with van der Waals surface area (Å²) in [7, 11) is 2.06. The number of hydrogen-bond acceptors (Lipinski definition) is 6. The number of carbonyl (C=O) groups excluding carboxylic acids is 1. The van der Waals surface area contributed by atoms with E-state index in [1.54, 1.807) is 6.07 Å². The highest BCUT2D eigenvalue weighted by atomic mass is 19.1. The summed E-state index contributed by atoms with van der Waals surface area (Å²) in [6.07, 6.45) is 6.66. The zero-order valence-electron chi connectivity index (χ0n) is 22.2. The third kappa shape index (κ3) is 5.07. The van der Waals surface area contributed by atoms with Gasteiger partial charge in [0.15, 0.2) is 11.6 Å². The number of hydrogen-bond donors (Lipinski definition) is 2. The second-order valence-electron chi connectivity index (χ2n) is 11.2. The monoisotopic (exact) mass is 533 g/mol. The van der Waals surface area contributed by atoms with Gasteiger partial charge in [-0.2, -0.15) is 9.97 Å². The third-order valence-electron chi connectivity index (χ3n) is 8.45. The van der Waals surface area contributed by atoms with E-state index < -0.39 is 17.6 Å². The molecule has 1 spiro atoms. The van der Waals surface area contributed by atoms with Crippen molar-refractivity contribution in [3.63, 3.8) is 0 Å². The van der Waals surface area contributed by atoms with Crippen LogP contribution in [0.1, 0.15) is 36.8 Å². The van der Waals surface area contributed by atoms with Crippen molar-refractivity contribution in [1.82, 2.24) is 20.2 Å². The molecule has 204 valence electrons. The molecular formula is C30H33F2N5O2. The molecule has 1 aromatic heterocycles. The van der Waals surface area contributed by atoms with Gasteiger partial charge >= 0.3 is 6.01 Å². The van der Waals surface area contributed by atoms with Gasteiger partial charge in [0, 0.05) is 30.1 Å². The number of halogens is 2. The SMILES string of the molecule is C=C(F)C(=O)NCCNc1nc(OC[C@@H]2CCCN2C)nc2c(F)c(-c3cccc4c3CC3(CC3)C4)ccc12. The summed E-state index contributed by atoms with van der Waals surface area (Å²) in [5, 5.41) is 6.07. The molecular weight excluding hydrogens is 500 g/mol. The number of carbonyl (C=O) groups is 1. The molecule has 2 aliphatic carbocycles. The molecule has 39 heavy (non-hydrogen) atoms. The summed E-state index contributed by atoms with van der Waals surface area (Å²) in [5.41, 5.74) is 4.56. The number of amides is 1. The number of ether oxygens (including phenoxy) is 1. The largest absolute Gasteiger partial charge is 0.462 e. The van der Waals surface area contributed by atoms with Crippen LogP contribution in [-0.2, 0) is 17.6 Å². The Morgan fingerprint density at radius 2 is 2.03 bits per heavy atom. The first kappa shape index (κ1) is 25.7. The number of anilines is 1. The van der Waals surface area contributed by atoms with E-state index in [9.17, 15) is 9.18 Å². The second kappa shape index (κ2) is 10.2. The molecule has 0 radical (unpaired) electrons. The van der Waals surface area contributed by atoms with Crippen molar-refractivity contribution in [1.29, 1.82) is 0 Å². The molecule has 9 heteroatoms. The Labute approximate surface area is 226 Å². The molecule has 3 aliphatic rings. The zero-order valence-corrected chi connectivity index (χ0v) is 22.2. The lowest BCUT2D eigenvalue weighted by Gasteiger charge is -2.19. The van der Waals surface area contributed by atoms with Crippen LogP contribution in [0.3, 0.4) is 0 Å². The molecule has 0 unspecified atom stereocenters. The van der Waals surface area contributed by atoms with Crippen molar-refractivity contribution in [3.8, 4) is 17.1 Å². The number of nitrogens with zero attached hydrogens (tertiary/aromatic N) is 3. The number of benzene rings is 2. The van der Waals surface area contributed by atoms with Gasteiger partial charge in [-0.25, -0.2) is 8.78 Å². The Kier molecular flexibility index (Phi) is 6.71. The van der Waals surface area contributed by atoms with Crippen molar-refractivity contribution in [3.05, 3.63) is 59.7 Å². The third-order valence-corrected chi connectivity index (χ3v) is 8.45. The number of fused-ring (bicyclic) bond motifs is 2. The van der Waals surface area contributed by atoms with Crippen LogP contribution in [0, 0.1) is 11.2 Å². The fourth-order valence-electron chi connectivity index (χ4n) is 6.00. The Morgan fingerprint density at radius 1 is 1.18 bits per heavy atom. The van der Waals surface area contributed by atoms with E-state index in [1.807, 2.05) is 18.2 Å². The number of aromatic nitrogens is 2. The van der Waals surface area contributed by atoms with Crippen molar-refractivity contribution in [2.24, 2.45) is 5.41 Å². The number of nitrogens with one attached hydrogen (secondary N) is 2. The average Bonchev–Trinajstić information content (AvgIpc) is 3.36. The molecule has 1 saturated carbocycles. The highest BCUT2D eigenvalue weighted by molar-refractivity contribution is 5.94. The van der Waals surface area contributed by atoms with Crippen LogP contribution in [0.15, 0.2) is 42.7 Å². The molecule has 1 atom stereocenters. The van der Waals surface area contributed by atoms with E-state index >= 15 is 4.39 Å². The number of rotatable bonds is 9. The maximum atomic E-state index is 16.3. The summed E-state index contributed by atoms with van der Waals surface area (Å²) >= 11 is 0. The van der Waals surface area contributed by atoms with Gasteiger partial charge in [-0.15, -0.1) is 0 Å². The fourth-order valence-corrected chi connectivity index (χ4v) is 6.00. The van der Waals surface area contributed by atoms with Gasteiger partial charge in [-0.05, 0) is 80.3 Å². The minimum absolute atomic E-state index is 0.0951. The molecule has 6 rings (SSSR count). The Morgan fingerprint density at radius 3 is 2.77 bits per heavy atom. The quantitative estimate of drug-likeness (QED) is 0.304. The summed E-state index contributed by atoms with van der Waals surface area (Å²) < 4.78 is 35.3. The summed E-state index contributed by atoms with van der Waals surface area (Å²) in [6, 6.07) is 10.1. The van der Waals surface area contributed by atoms with E-state index in [0.29, 0.717) is 28.8 Å². The number of likely N-dealkylation sites (N-methyl/N-ethyl adjacent to an activating group) is 1. The Bertz CT molecular complexity index is 1460. The van der Waals surface area contributed by atoms with Crippen LogP contribution in [0.5, 0.6) is 6.01 Å². The van der Waals surface area contributed by atoms with Gasteiger partial charge in [0.25, 0.3) is 5.91 Å². The highest BCUT2D eigenvalue weighted by Crippen LogP contribution is 2.57. The maximum Gasteiger partial charge on any atom is 0.319 e. The molecule has 3 aromatic rings. The van der Waals surface area contributed by atoms with Crippen molar-refractivity contribution >= 4 is 22.6 Å². The first-order valence-electron chi connectivity index (χ1n) is 13.6. The summed E-state index contributed by atoms with van der Waals surface area (Å²) in [6.45, 7) is 4.79. The van der Waals surface area contributed by atoms with Gasteiger partial charge in [0.05, 0.1) is 0 Å². The predicted molar refractivity (Wildman–Crippen MR) is 147 cm³/mol. The maximum absolute atomic E-state index is 16.3. The minimum Gasteiger partial charge on any atom is -0.462 e. The first-order chi connectivity index (χ1) is 18.8. The van der Waals surface area contributed by atoms with Gasteiger partial charge in [-0.3, -0.25) is 4.79 Å². The van der Waals surface area contributed by atoms with Crippen LogP contribution in [0.2, 0.25) is 0 Å². The van der Waals surface area contributed by atoms with Gasteiger partial charge in [0.2, 0.25) is 0 Å². The van der Waals surface area contributed by atoms with Gasteiger partial charge in [-0.1, -0.05) is 30.8 Å². The topological polar surface area (TPSA) is 79.4 Å². The van der Waals surface area contributed by atoms with E-state index in [-0.39, 0.29) is 30.7 Å². The summed E-state index contributed by atoms with van der Waals surface area (Å²) in [4.78, 5) is 22.8. The van der Waals surface area contributed by atoms with E-state index in [4.69, 9.17) is 4.74 Å². The van der Waals surface area contributed by atoms with Crippen LogP contribution in [-0.4, -0.2) is 60.1 Å². The van der Waals surface area contributed by atoms with Gasteiger partial charge in [0.1, 0.15) is 17.9 Å². The molecule has 2 fully saturated rings. The Hall–Kier alpha value is -3.59. The average molecular weight is 534 g/mol. The van der Waals surface area contributed by atoms with Crippen LogP contribution < -0.4 is 15.4 Å². The van der Waals surface area contributed by atoms with Crippen molar-refractivity contribution in [2.45, 2.75) is 44.6 Å². The lowest BCUT2D eigenvalue weighted by Crippen LogP contribution is -2.31. The molecule has 1 saturated heterocycles. The lowest BCUT2D eigenvalue weighted by molar-refractivity contribution is -0.118. The number of likely N-dealkylation sites (tertiary alicyclic amines) is 1. The lowest BCUT2D eigenvalue weighted by atomic mass is 9.95. The molecule has 1 aliphatic heterocycles. The summed E-state index contributed by atoms with van der Waals surface area (Å²) in [5.74, 6) is -1.94. The molecule has 0 bridgehead atoms. The van der Waals surface area contributed by atoms with E-state index in [1.165, 1.54) is 24.0 Å².